The first-order valence-corrected chi connectivity index (χ1v) is 15.0. The molecule has 6 atom stereocenters. The molecule has 2 aliphatic heterocycles. The Morgan fingerprint density at radius 2 is 1.78 bits per heavy atom. The van der Waals surface area contributed by atoms with E-state index in [0.29, 0.717) is 21.3 Å². The molecule has 46 heavy (non-hydrogen) atoms. The van der Waals surface area contributed by atoms with Crippen molar-refractivity contribution >= 4 is 52.0 Å². The number of hydrogen-bond acceptors (Lipinski definition) is 8. The molecule has 2 aliphatic rings. The molecule has 0 amide bonds. The molecule has 3 heterocycles. The molecule has 3 aromatic carbocycles. The van der Waals surface area contributed by atoms with E-state index in [-0.39, 0.29) is 29.5 Å². The summed E-state index contributed by atoms with van der Waals surface area (Å²) in [5.41, 5.74) is 1.14. The van der Waals surface area contributed by atoms with Crippen LogP contribution in [0.25, 0.3) is 11.3 Å². The molecule has 2 saturated heterocycles. The van der Waals surface area contributed by atoms with Crippen LogP contribution in [0, 0.1) is 17.5 Å². The maximum absolute atomic E-state index is 14.0. The number of nitrogens with one attached hydrogen (secondary N) is 2. The van der Waals surface area contributed by atoms with E-state index in [9.17, 15) is 23.1 Å². The lowest BCUT2D eigenvalue weighted by Gasteiger charge is -2.47. The fourth-order valence-corrected chi connectivity index (χ4v) is 5.73. The van der Waals surface area contributed by atoms with E-state index in [1.54, 1.807) is 30.3 Å². The Balaban J connectivity index is 1.23. The molecule has 240 valence electrons. The van der Waals surface area contributed by atoms with Crippen LogP contribution in [-0.4, -0.2) is 68.6 Å². The maximum Gasteiger partial charge on any atom is 0.194 e. The average Bonchev–Trinajstić information content (AvgIpc) is 3.53. The quantitative estimate of drug-likeness (QED) is 0.180. The van der Waals surface area contributed by atoms with Crippen LogP contribution in [-0.2, 0) is 19.0 Å². The van der Waals surface area contributed by atoms with Crippen LogP contribution in [0.2, 0.25) is 10.0 Å². The van der Waals surface area contributed by atoms with Crippen molar-refractivity contribution in [1.29, 1.82) is 0 Å². The summed E-state index contributed by atoms with van der Waals surface area (Å²) in [5, 5.41) is 26.1. The first-order chi connectivity index (χ1) is 22.1. The molecule has 2 fully saturated rings. The summed E-state index contributed by atoms with van der Waals surface area (Å²) in [6.45, 7) is -0.331. The van der Waals surface area contributed by atoms with Gasteiger partial charge in [-0.2, -0.15) is 0 Å². The Bertz CT molecular complexity index is 1750. The van der Waals surface area contributed by atoms with E-state index in [0.717, 1.165) is 12.1 Å². The number of benzene rings is 3. The van der Waals surface area contributed by atoms with E-state index in [4.69, 9.17) is 49.6 Å². The van der Waals surface area contributed by atoms with Crippen molar-refractivity contribution in [3.63, 3.8) is 0 Å². The number of ether oxygens (including phenoxy) is 3. The number of anilines is 1. The minimum atomic E-state index is -1.62. The minimum Gasteiger partial charge on any atom is -0.388 e. The molecular weight excluding hydrogens is 670 g/mol. The summed E-state index contributed by atoms with van der Waals surface area (Å²) < 4.78 is 60.9. The summed E-state index contributed by atoms with van der Waals surface area (Å²) in [7, 11) is 0. The van der Waals surface area contributed by atoms with Crippen molar-refractivity contribution < 1.29 is 37.3 Å². The van der Waals surface area contributed by atoms with Crippen LogP contribution < -0.4 is 10.6 Å². The third kappa shape index (κ3) is 6.74. The Morgan fingerprint density at radius 1 is 1.04 bits per heavy atom. The van der Waals surface area contributed by atoms with Gasteiger partial charge in [0, 0.05) is 16.8 Å². The Labute approximate surface area is 275 Å². The van der Waals surface area contributed by atoms with Gasteiger partial charge in [0.25, 0.3) is 0 Å². The van der Waals surface area contributed by atoms with Gasteiger partial charge >= 0.3 is 0 Å². The van der Waals surface area contributed by atoms with Gasteiger partial charge in [0.05, 0.1) is 29.4 Å². The molecule has 0 bridgehead atoms. The number of carbonyl (C=O) groups is 1. The van der Waals surface area contributed by atoms with Crippen LogP contribution in [0.3, 0.4) is 0 Å². The van der Waals surface area contributed by atoms with Crippen molar-refractivity contribution in [2.75, 3.05) is 18.5 Å². The number of carbonyl (C=O) groups excluding carboxylic acids is 1. The topological polar surface area (TPSA) is 120 Å². The van der Waals surface area contributed by atoms with E-state index < -0.39 is 60.0 Å². The van der Waals surface area contributed by atoms with Gasteiger partial charge in [0.15, 0.2) is 34.6 Å². The number of aliphatic hydroxyl groups is 1. The van der Waals surface area contributed by atoms with Gasteiger partial charge < -0.3 is 30.0 Å². The fraction of sp³-hybridized carbons (Fsp3) is 0.267. The SMILES string of the molecule is O=C(CNC(=S)Nc1ccc(Cl)c(Cl)c1)[C@@H]1O[C@@H]2CO[C@H](c3ccccc3)O[C@@H]2[C@H](n2cc(-c3cc(F)c(F)c(F)c3)nn2)[C@H]1O. The van der Waals surface area contributed by atoms with E-state index >= 15 is 0 Å². The van der Waals surface area contributed by atoms with Crippen molar-refractivity contribution in [2.24, 2.45) is 0 Å². The lowest BCUT2D eigenvalue weighted by molar-refractivity contribution is -0.312. The van der Waals surface area contributed by atoms with Crippen molar-refractivity contribution in [3.8, 4) is 11.3 Å². The third-order valence-electron chi connectivity index (χ3n) is 7.46. The molecule has 0 spiro atoms. The molecular formula is C30H24Cl2F3N5O5S. The van der Waals surface area contributed by atoms with E-state index in [2.05, 4.69) is 20.9 Å². The molecule has 10 nitrogen and oxygen atoms in total. The number of ketones is 1. The minimum absolute atomic E-state index is 0.00209. The lowest BCUT2D eigenvalue weighted by atomic mass is 9.89. The number of fused-ring (bicyclic) bond motifs is 1. The summed E-state index contributed by atoms with van der Waals surface area (Å²) in [6.07, 6.45) is -4.17. The number of aromatic nitrogens is 3. The monoisotopic (exact) mass is 693 g/mol. The molecule has 0 saturated carbocycles. The second-order valence-electron chi connectivity index (χ2n) is 10.5. The van der Waals surface area contributed by atoms with Gasteiger partial charge in [-0.15, -0.1) is 5.10 Å². The number of Topliss-reactive ketones (excluding diaryl/α,β-unsaturated/α-hetero) is 1. The van der Waals surface area contributed by atoms with Crippen molar-refractivity contribution in [3.05, 3.63) is 99.9 Å². The van der Waals surface area contributed by atoms with Crippen LogP contribution in [0.5, 0.6) is 0 Å². The number of aliphatic hydroxyl groups excluding tert-OH is 1. The van der Waals surface area contributed by atoms with E-state index in [1.165, 1.54) is 10.9 Å². The Hall–Kier alpha value is -3.63. The second kappa shape index (κ2) is 13.6. The van der Waals surface area contributed by atoms with Crippen molar-refractivity contribution in [2.45, 2.75) is 36.7 Å². The molecule has 0 aliphatic carbocycles. The van der Waals surface area contributed by atoms with Gasteiger partial charge in [0.1, 0.15) is 36.2 Å². The summed E-state index contributed by atoms with van der Waals surface area (Å²) in [5.74, 6) is -4.98. The summed E-state index contributed by atoms with van der Waals surface area (Å²) in [4.78, 5) is 13.4. The number of hydrogen-bond donors (Lipinski definition) is 3. The number of rotatable bonds is 7. The zero-order chi connectivity index (χ0) is 32.5. The van der Waals surface area contributed by atoms with Gasteiger partial charge in [-0.3, -0.25) is 4.79 Å². The first kappa shape index (κ1) is 32.3. The standard InChI is InChI=1S/C30H24Cl2F3N5O5S/c31-17-7-6-16(10-18(17)32)37-30(46)36-11-22(41)27-26(42)25(28-23(44-27)13-43-29(45-28)14-4-2-1-3-5-14)40-12-21(38-39-40)15-8-19(33)24(35)20(34)9-15/h1-10,12,23,25-29,42H,11,13H2,(H2,36,37,46)/t23-,25-,26-,27+,28+,29+/m1/s1. The van der Waals surface area contributed by atoms with Gasteiger partial charge in [0.2, 0.25) is 0 Å². The lowest BCUT2D eigenvalue weighted by Crippen LogP contribution is -2.62. The molecule has 3 N–H and O–H groups in total. The predicted molar refractivity (Wildman–Crippen MR) is 165 cm³/mol. The molecule has 16 heteroatoms. The predicted octanol–water partition coefficient (Wildman–Crippen LogP) is 5.01. The van der Waals surface area contributed by atoms with Crippen LogP contribution in [0.15, 0.2) is 66.9 Å². The smallest absolute Gasteiger partial charge is 0.194 e. The highest BCUT2D eigenvalue weighted by molar-refractivity contribution is 7.80. The zero-order valence-corrected chi connectivity index (χ0v) is 25.8. The number of nitrogens with zero attached hydrogens (tertiary/aromatic N) is 3. The summed E-state index contributed by atoms with van der Waals surface area (Å²) in [6, 6.07) is 14.3. The Kier molecular flexibility index (Phi) is 9.57. The van der Waals surface area contributed by atoms with Gasteiger partial charge in [-0.25, -0.2) is 17.9 Å². The first-order valence-electron chi connectivity index (χ1n) is 13.8. The highest BCUT2D eigenvalue weighted by Crippen LogP contribution is 2.39. The summed E-state index contributed by atoms with van der Waals surface area (Å²) >= 11 is 17.3. The second-order valence-corrected chi connectivity index (χ2v) is 11.7. The normalized spacial score (nSPS) is 24.2. The maximum atomic E-state index is 14.0. The highest BCUT2D eigenvalue weighted by Gasteiger charge is 2.52. The molecule has 6 rings (SSSR count). The molecule has 1 aromatic heterocycles. The Morgan fingerprint density at radius 3 is 2.50 bits per heavy atom. The fourth-order valence-electron chi connectivity index (χ4n) is 5.24. The van der Waals surface area contributed by atoms with Gasteiger partial charge in [-0.1, -0.05) is 58.7 Å². The van der Waals surface area contributed by atoms with Gasteiger partial charge in [-0.05, 0) is 42.5 Å². The van der Waals surface area contributed by atoms with Crippen molar-refractivity contribution in [1.82, 2.24) is 20.3 Å². The van der Waals surface area contributed by atoms with Crippen LogP contribution in [0.1, 0.15) is 17.9 Å². The molecule has 0 radical (unpaired) electrons. The van der Waals surface area contributed by atoms with Crippen LogP contribution >= 0.6 is 35.4 Å². The largest absolute Gasteiger partial charge is 0.388 e. The number of thiocarbonyl (C=S) groups is 1. The number of halogens is 5. The average molecular weight is 695 g/mol. The molecule has 4 aromatic rings. The van der Waals surface area contributed by atoms with E-state index in [1.807, 2.05) is 18.2 Å². The van der Waals surface area contributed by atoms with Crippen LogP contribution in [0.4, 0.5) is 18.9 Å². The highest BCUT2D eigenvalue weighted by atomic mass is 35.5. The third-order valence-corrected chi connectivity index (χ3v) is 8.45. The molecule has 0 unspecified atom stereocenters. The zero-order valence-electron chi connectivity index (χ0n) is 23.4.